The van der Waals surface area contributed by atoms with Gasteiger partial charge in [0.25, 0.3) is 0 Å². The highest BCUT2D eigenvalue weighted by atomic mass is 16.5. The van der Waals surface area contributed by atoms with E-state index in [1.807, 2.05) is 6.07 Å². The van der Waals surface area contributed by atoms with Crippen LogP contribution in [0.25, 0.3) is 0 Å². The third kappa shape index (κ3) is 3.17. The molecule has 1 aliphatic rings. The minimum Gasteiger partial charge on any atom is -0.497 e. The average molecular weight is 295 g/mol. The fourth-order valence-corrected chi connectivity index (χ4v) is 3.43. The molecule has 0 aliphatic heterocycles. The van der Waals surface area contributed by atoms with Crippen LogP contribution < -0.4 is 10.1 Å². The maximum absolute atomic E-state index is 5.31. The molecular formula is C20H25NO. The van der Waals surface area contributed by atoms with Crippen molar-refractivity contribution in [2.45, 2.75) is 25.8 Å². The van der Waals surface area contributed by atoms with Gasteiger partial charge < -0.3 is 10.1 Å². The number of nitrogens with one attached hydrogen (secondary N) is 1. The molecule has 0 aromatic heterocycles. The summed E-state index contributed by atoms with van der Waals surface area (Å²) in [5.74, 6) is 3.15. The standard InChI is InChI=1S/C20H25NO/c1-14-19(20(14)16-8-5-4-6-9-16)13-21-15(2)17-10-7-11-18(12-17)22-3/h4-12,14-15,19-21H,13H2,1-3H3. The van der Waals surface area contributed by atoms with E-state index in [1.54, 1.807) is 7.11 Å². The summed E-state index contributed by atoms with van der Waals surface area (Å²) in [6.07, 6.45) is 0. The second-order valence-electron chi connectivity index (χ2n) is 6.37. The van der Waals surface area contributed by atoms with E-state index in [1.165, 1.54) is 11.1 Å². The molecule has 1 N–H and O–H groups in total. The topological polar surface area (TPSA) is 21.3 Å². The third-order valence-corrected chi connectivity index (χ3v) is 5.00. The lowest BCUT2D eigenvalue weighted by atomic mass is 10.1. The predicted octanol–water partition coefficient (Wildman–Crippen LogP) is 4.40. The Morgan fingerprint density at radius 2 is 1.86 bits per heavy atom. The molecular weight excluding hydrogens is 270 g/mol. The molecule has 0 bridgehead atoms. The van der Waals surface area contributed by atoms with Crippen molar-refractivity contribution >= 4 is 0 Å². The molecule has 0 saturated heterocycles. The molecule has 0 heterocycles. The molecule has 0 amide bonds. The first-order chi connectivity index (χ1) is 10.7. The normalized spacial score (nSPS) is 24.8. The van der Waals surface area contributed by atoms with Crippen LogP contribution in [0.2, 0.25) is 0 Å². The van der Waals surface area contributed by atoms with Gasteiger partial charge in [0, 0.05) is 6.04 Å². The smallest absolute Gasteiger partial charge is 0.119 e. The summed E-state index contributed by atoms with van der Waals surface area (Å²) in [5, 5.41) is 3.69. The lowest BCUT2D eigenvalue weighted by Gasteiger charge is -2.15. The molecule has 1 saturated carbocycles. The second kappa shape index (κ2) is 6.53. The fraction of sp³-hybridized carbons (Fsp3) is 0.400. The molecule has 22 heavy (non-hydrogen) atoms. The minimum absolute atomic E-state index is 0.347. The maximum Gasteiger partial charge on any atom is 0.119 e. The van der Waals surface area contributed by atoms with E-state index in [2.05, 4.69) is 67.7 Å². The Kier molecular flexibility index (Phi) is 4.49. The fourth-order valence-electron chi connectivity index (χ4n) is 3.43. The summed E-state index contributed by atoms with van der Waals surface area (Å²) in [6.45, 7) is 5.65. The van der Waals surface area contributed by atoms with E-state index in [4.69, 9.17) is 4.74 Å². The predicted molar refractivity (Wildman–Crippen MR) is 91.2 cm³/mol. The molecule has 116 valence electrons. The second-order valence-corrected chi connectivity index (χ2v) is 6.37. The number of ether oxygens (including phenoxy) is 1. The highest BCUT2D eigenvalue weighted by Gasteiger charge is 2.46. The zero-order valence-corrected chi connectivity index (χ0v) is 13.6. The molecule has 2 nitrogen and oxygen atoms in total. The molecule has 4 unspecified atom stereocenters. The van der Waals surface area contributed by atoms with Crippen molar-refractivity contribution in [2.75, 3.05) is 13.7 Å². The Bertz CT molecular complexity index is 610. The summed E-state index contributed by atoms with van der Waals surface area (Å²) in [6, 6.07) is 19.6. The Balaban J connectivity index is 1.57. The maximum atomic E-state index is 5.31. The zero-order valence-electron chi connectivity index (χ0n) is 13.6. The van der Waals surface area contributed by atoms with E-state index in [9.17, 15) is 0 Å². The van der Waals surface area contributed by atoms with E-state index in [0.717, 1.165) is 24.1 Å². The van der Waals surface area contributed by atoms with E-state index in [-0.39, 0.29) is 0 Å². The molecule has 0 spiro atoms. The van der Waals surface area contributed by atoms with Crippen LogP contribution in [0.15, 0.2) is 54.6 Å². The highest BCUT2D eigenvalue weighted by molar-refractivity contribution is 5.31. The van der Waals surface area contributed by atoms with Gasteiger partial charge in [-0.1, -0.05) is 49.4 Å². The van der Waals surface area contributed by atoms with E-state index in [0.29, 0.717) is 12.0 Å². The van der Waals surface area contributed by atoms with Crippen LogP contribution in [0.3, 0.4) is 0 Å². The van der Waals surface area contributed by atoms with Crippen LogP contribution in [0.1, 0.15) is 36.9 Å². The Hall–Kier alpha value is -1.80. The van der Waals surface area contributed by atoms with Gasteiger partial charge in [0.05, 0.1) is 7.11 Å². The monoisotopic (exact) mass is 295 g/mol. The van der Waals surface area contributed by atoms with Crippen LogP contribution in [0, 0.1) is 11.8 Å². The lowest BCUT2D eigenvalue weighted by Crippen LogP contribution is -2.21. The van der Waals surface area contributed by atoms with Crippen molar-refractivity contribution in [3.8, 4) is 5.75 Å². The Labute approximate surface area is 133 Å². The van der Waals surface area contributed by atoms with Crippen molar-refractivity contribution in [1.29, 1.82) is 0 Å². The minimum atomic E-state index is 0.347. The van der Waals surface area contributed by atoms with E-state index >= 15 is 0 Å². The van der Waals surface area contributed by atoms with Gasteiger partial charge in [-0.15, -0.1) is 0 Å². The quantitative estimate of drug-likeness (QED) is 0.853. The van der Waals surface area contributed by atoms with Crippen molar-refractivity contribution in [1.82, 2.24) is 5.32 Å². The van der Waals surface area contributed by atoms with Crippen molar-refractivity contribution in [3.63, 3.8) is 0 Å². The van der Waals surface area contributed by atoms with Crippen molar-refractivity contribution in [3.05, 3.63) is 65.7 Å². The van der Waals surface area contributed by atoms with Crippen molar-refractivity contribution in [2.24, 2.45) is 11.8 Å². The zero-order chi connectivity index (χ0) is 15.5. The van der Waals surface area contributed by atoms with Gasteiger partial charge in [0.15, 0.2) is 0 Å². The van der Waals surface area contributed by atoms with Gasteiger partial charge in [-0.3, -0.25) is 0 Å². The summed E-state index contributed by atoms with van der Waals surface area (Å²) in [5.41, 5.74) is 2.76. The van der Waals surface area contributed by atoms with Crippen LogP contribution in [-0.2, 0) is 0 Å². The molecule has 1 aliphatic carbocycles. The third-order valence-electron chi connectivity index (χ3n) is 5.00. The molecule has 0 radical (unpaired) electrons. The van der Waals surface area contributed by atoms with Gasteiger partial charge in [0.2, 0.25) is 0 Å². The first-order valence-corrected chi connectivity index (χ1v) is 8.13. The van der Waals surface area contributed by atoms with Gasteiger partial charge in [-0.25, -0.2) is 0 Å². The summed E-state index contributed by atoms with van der Waals surface area (Å²) in [7, 11) is 1.72. The molecule has 1 fully saturated rings. The first kappa shape index (κ1) is 15.1. The van der Waals surface area contributed by atoms with Gasteiger partial charge in [-0.2, -0.15) is 0 Å². The first-order valence-electron chi connectivity index (χ1n) is 8.13. The SMILES string of the molecule is COc1cccc(C(C)NCC2C(C)C2c2ccccc2)c1. The number of hydrogen-bond acceptors (Lipinski definition) is 2. The molecule has 2 aromatic carbocycles. The van der Waals surface area contributed by atoms with Crippen LogP contribution in [0.5, 0.6) is 5.75 Å². The number of methoxy groups -OCH3 is 1. The average Bonchev–Trinajstić information content (AvgIpc) is 3.23. The van der Waals surface area contributed by atoms with Gasteiger partial charge in [0.1, 0.15) is 5.75 Å². The number of rotatable bonds is 6. The number of hydrogen-bond donors (Lipinski definition) is 1. The summed E-state index contributed by atoms with van der Waals surface area (Å²) < 4.78 is 5.31. The van der Waals surface area contributed by atoms with Crippen LogP contribution in [0.4, 0.5) is 0 Å². The summed E-state index contributed by atoms with van der Waals surface area (Å²) >= 11 is 0. The number of benzene rings is 2. The lowest BCUT2D eigenvalue weighted by molar-refractivity contribution is 0.413. The van der Waals surface area contributed by atoms with E-state index < -0.39 is 0 Å². The molecule has 2 heteroatoms. The largest absolute Gasteiger partial charge is 0.497 e. The van der Waals surface area contributed by atoms with Crippen LogP contribution >= 0.6 is 0 Å². The molecule has 3 rings (SSSR count). The molecule has 2 aromatic rings. The highest BCUT2D eigenvalue weighted by Crippen LogP contribution is 2.53. The van der Waals surface area contributed by atoms with Gasteiger partial charge in [-0.05, 0) is 54.5 Å². The Morgan fingerprint density at radius 3 is 2.59 bits per heavy atom. The Morgan fingerprint density at radius 1 is 1.09 bits per heavy atom. The molecule has 4 atom stereocenters. The van der Waals surface area contributed by atoms with Crippen LogP contribution in [-0.4, -0.2) is 13.7 Å². The van der Waals surface area contributed by atoms with Gasteiger partial charge >= 0.3 is 0 Å². The van der Waals surface area contributed by atoms with Crippen molar-refractivity contribution < 1.29 is 4.74 Å². The summed E-state index contributed by atoms with van der Waals surface area (Å²) in [4.78, 5) is 0.